The van der Waals surface area contributed by atoms with E-state index in [2.05, 4.69) is 20.9 Å². The molecule has 1 fully saturated rings. The zero-order chi connectivity index (χ0) is 24.1. The molecule has 6 rings (SSSR count). The summed E-state index contributed by atoms with van der Waals surface area (Å²) < 4.78 is 12.1. The largest absolute Gasteiger partial charge is 0.488 e. The molecule has 0 saturated heterocycles. The van der Waals surface area contributed by atoms with E-state index in [1.807, 2.05) is 18.2 Å². The lowest BCUT2D eigenvalue weighted by Gasteiger charge is -2.19. The molecule has 3 heterocycles. The summed E-state index contributed by atoms with van der Waals surface area (Å²) in [7, 11) is 0. The number of anilines is 2. The van der Waals surface area contributed by atoms with E-state index in [0.29, 0.717) is 35.8 Å². The number of aromatic nitrogens is 1. The highest BCUT2D eigenvalue weighted by Crippen LogP contribution is 2.54. The van der Waals surface area contributed by atoms with E-state index in [4.69, 9.17) is 9.47 Å². The Morgan fingerprint density at radius 2 is 2.11 bits per heavy atom. The Morgan fingerprint density at radius 1 is 1.23 bits per heavy atom. The molecule has 3 aliphatic rings. The lowest BCUT2D eigenvalue weighted by atomic mass is 10.1. The second-order valence-electron chi connectivity index (χ2n) is 8.64. The van der Waals surface area contributed by atoms with E-state index in [0.717, 1.165) is 16.9 Å². The van der Waals surface area contributed by atoms with E-state index in [1.165, 1.54) is 12.1 Å². The van der Waals surface area contributed by atoms with E-state index < -0.39 is 11.3 Å². The number of nitrogens with zero attached hydrogens (tertiary/aromatic N) is 2. The number of carbonyl (C=O) groups excluding carboxylic acids is 1. The minimum absolute atomic E-state index is 0.0424. The summed E-state index contributed by atoms with van der Waals surface area (Å²) in [5, 5.41) is 30.0. The number of hydrogen-bond donors (Lipinski definition) is 4. The standard InChI is InChI=1S/C24H21N5O6/c30-19-7-5-15-18(8-9-25-23(15)27-19)34-14-4-6-17-16(11-14)20-21(22(20)35-17)28-24(31)26-12-2-1-3-13(10-12)29(32)33/h1-4,6,8-11,20-22,24,26,28,31H,5,7H2,(H,25,27,30)/t20-,21-,22-,24?/m0/s1. The van der Waals surface area contributed by atoms with Gasteiger partial charge in [-0.25, -0.2) is 4.98 Å². The van der Waals surface area contributed by atoms with Crippen LogP contribution in [0.1, 0.15) is 23.5 Å². The number of fused-ring (bicyclic) bond motifs is 4. The van der Waals surface area contributed by atoms with Gasteiger partial charge in [0.15, 0.2) is 6.35 Å². The Hall–Kier alpha value is -4.22. The summed E-state index contributed by atoms with van der Waals surface area (Å²) in [4.78, 5) is 26.3. The minimum atomic E-state index is -1.11. The molecule has 35 heavy (non-hydrogen) atoms. The number of nitro groups is 1. The number of aliphatic hydroxyl groups excluding tert-OH is 1. The second-order valence-corrected chi connectivity index (χ2v) is 8.64. The fourth-order valence-corrected chi connectivity index (χ4v) is 4.67. The van der Waals surface area contributed by atoms with Crippen LogP contribution < -0.4 is 25.4 Å². The summed E-state index contributed by atoms with van der Waals surface area (Å²) in [5.41, 5.74) is 2.21. The Kier molecular flexibility index (Phi) is 5.01. The molecule has 11 nitrogen and oxygen atoms in total. The van der Waals surface area contributed by atoms with Crippen LogP contribution in [-0.2, 0) is 11.2 Å². The normalized spacial score (nSPS) is 22.1. The number of amides is 1. The zero-order valence-corrected chi connectivity index (χ0v) is 18.3. The SMILES string of the molecule is O=C1CCc2c(Oc3ccc4c(c3)[C@H]3[C@H](NC(O)Nc5cccc([N+](=O)[O-])c5)[C@H]3O4)ccnc2N1. The van der Waals surface area contributed by atoms with Crippen LogP contribution in [0.4, 0.5) is 17.2 Å². The number of rotatable bonds is 7. The topological polar surface area (TPSA) is 148 Å². The van der Waals surface area contributed by atoms with E-state index in [-0.39, 0.29) is 29.7 Å². The molecule has 0 spiro atoms. The maximum atomic E-state index is 11.7. The van der Waals surface area contributed by atoms with Gasteiger partial charge in [-0.05, 0) is 36.8 Å². The Morgan fingerprint density at radius 3 is 2.97 bits per heavy atom. The van der Waals surface area contributed by atoms with Crippen molar-refractivity contribution < 1.29 is 24.3 Å². The predicted molar refractivity (Wildman–Crippen MR) is 125 cm³/mol. The molecular weight excluding hydrogens is 454 g/mol. The number of non-ortho nitro benzene ring substituents is 1. The van der Waals surface area contributed by atoms with Crippen molar-refractivity contribution in [2.45, 2.75) is 37.3 Å². The molecule has 4 N–H and O–H groups in total. The van der Waals surface area contributed by atoms with Crippen molar-refractivity contribution in [3.63, 3.8) is 0 Å². The lowest BCUT2D eigenvalue weighted by Crippen LogP contribution is -2.39. The van der Waals surface area contributed by atoms with Gasteiger partial charge in [-0.15, -0.1) is 0 Å². The third-order valence-electron chi connectivity index (χ3n) is 6.37. The third-order valence-corrected chi connectivity index (χ3v) is 6.37. The first kappa shape index (κ1) is 21.3. The van der Waals surface area contributed by atoms with Crippen LogP contribution in [0.25, 0.3) is 0 Å². The molecule has 1 amide bonds. The highest BCUT2D eigenvalue weighted by molar-refractivity contribution is 5.93. The molecular formula is C24H21N5O6. The highest BCUT2D eigenvalue weighted by Gasteiger charge is 2.59. The van der Waals surface area contributed by atoms with Crippen molar-refractivity contribution in [1.82, 2.24) is 10.3 Å². The van der Waals surface area contributed by atoms with Gasteiger partial charge in [-0.3, -0.25) is 20.2 Å². The molecule has 1 aromatic heterocycles. The third kappa shape index (κ3) is 4.00. The number of nitrogens with one attached hydrogen (secondary N) is 3. The predicted octanol–water partition coefficient (Wildman–Crippen LogP) is 2.87. The van der Waals surface area contributed by atoms with Crippen LogP contribution in [-0.4, -0.2) is 39.4 Å². The van der Waals surface area contributed by atoms with Crippen LogP contribution in [0.15, 0.2) is 54.7 Å². The Balaban J connectivity index is 1.13. The fraction of sp³-hybridized carbons (Fsp3) is 0.250. The molecule has 11 heteroatoms. The number of pyridine rings is 1. The fourth-order valence-electron chi connectivity index (χ4n) is 4.67. The van der Waals surface area contributed by atoms with Crippen molar-refractivity contribution >= 4 is 23.1 Å². The zero-order valence-electron chi connectivity index (χ0n) is 18.3. The number of ether oxygens (including phenoxy) is 2. The molecule has 3 aromatic rings. The average Bonchev–Trinajstić information content (AvgIpc) is 3.35. The van der Waals surface area contributed by atoms with Gasteiger partial charge in [0.05, 0.1) is 11.0 Å². The van der Waals surface area contributed by atoms with Crippen LogP contribution in [0.2, 0.25) is 0 Å². The number of aliphatic hydroxyl groups is 1. The van der Waals surface area contributed by atoms with Crippen LogP contribution in [0.5, 0.6) is 17.2 Å². The van der Waals surface area contributed by atoms with Crippen molar-refractivity contribution in [3.8, 4) is 17.2 Å². The van der Waals surface area contributed by atoms with E-state index in [9.17, 15) is 20.0 Å². The molecule has 2 aromatic carbocycles. The van der Waals surface area contributed by atoms with Crippen LogP contribution >= 0.6 is 0 Å². The van der Waals surface area contributed by atoms with Gasteiger partial charge in [-0.2, -0.15) is 0 Å². The molecule has 1 saturated carbocycles. The molecule has 1 aliphatic carbocycles. The smallest absolute Gasteiger partial charge is 0.271 e. The first-order chi connectivity index (χ1) is 17.0. The number of benzene rings is 2. The van der Waals surface area contributed by atoms with Crippen molar-refractivity contribution in [2.75, 3.05) is 10.6 Å². The first-order valence-corrected chi connectivity index (χ1v) is 11.2. The van der Waals surface area contributed by atoms with Gasteiger partial charge < -0.3 is 25.2 Å². The Bertz CT molecular complexity index is 1350. The monoisotopic (exact) mass is 475 g/mol. The van der Waals surface area contributed by atoms with Crippen molar-refractivity contribution in [3.05, 3.63) is 76.0 Å². The summed E-state index contributed by atoms with van der Waals surface area (Å²) in [6, 6.07) is 13.2. The quantitative estimate of drug-likeness (QED) is 0.230. The summed E-state index contributed by atoms with van der Waals surface area (Å²) in [6.45, 7) is 0. The van der Waals surface area contributed by atoms with Crippen molar-refractivity contribution in [1.29, 1.82) is 0 Å². The van der Waals surface area contributed by atoms with Gasteiger partial charge in [0, 0.05) is 47.5 Å². The molecule has 2 aliphatic heterocycles. The lowest BCUT2D eigenvalue weighted by molar-refractivity contribution is -0.384. The van der Waals surface area contributed by atoms with Gasteiger partial charge in [0.25, 0.3) is 5.69 Å². The molecule has 0 bridgehead atoms. The highest BCUT2D eigenvalue weighted by atomic mass is 16.6. The van der Waals surface area contributed by atoms with Gasteiger partial charge in [0.2, 0.25) is 5.91 Å². The maximum Gasteiger partial charge on any atom is 0.271 e. The van der Waals surface area contributed by atoms with Crippen LogP contribution in [0, 0.1) is 10.1 Å². The number of carbonyl (C=O) groups is 1. The van der Waals surface area contributed by atoms with Gasteiger partial charge in [0.1, 0.15) is 29.2 Å². The Labute approximate surface area is 199 Å². The molecule has 1 unspecified atom stereocenters. The summed E-state index contributed by atoms with van der Waals surface area (Å²) in [5.74, 6) is 2.57. The number of nitro benzene ring substituents is 1. The van der Waals surface area contributed by atoms with Crippen LogP contribution in [0.3, 0.4) is 0 Å². The molecule has 0 radical (unpaired) electrons. The van der Waals surface area contributed by atoms with Crippen molar-refractivity contribution in [2.24, 2.45) is 0 Å². The average molecular weight is 475 g/mol. The van der Waals surface area contributed by atoms with E-state index in [1.54, 1.807) is 24.4 Å². The first-order valence-electron chi connectivity index (χ1n) is 11.2. The van der Waals surface area contributed by atoms with E-state index >= 15 is 0 Å². The van der Waals surface area contributed by atoms with Gasteiger partial charge >= 0.3 is 0 Å². The molecule has 4 atom stereocenters. The number of hydrogen-bond acceptors (Lipinski definition) is 9. The second kappa shape index (κ2) is 8.22. The minimum Gasteiger partial charge on any atom is -0.488 e. The summed E-state index contributed by atoms with van der Waals surface area (Å²) >= 11 is 0. The maximum absolute atomic E-state index is 11.7. The molecule has 178 valence electrons. The summed E-state index contributed by atoms with van der Waals surface area (Å²) in [6.07, 6.45) is 1.31. The van der Waals surface area contributed by atoms with Gasteiger partial charge in [-0.1, -0.05) is 6.07 Å².